The number of Topliss-reactive ketones (excluding diaryl/α,β-unsaturated/α-hetero) is 1. The van der Waals surface area contributed by atoms with Gasteiger partial charge in [-0.1, -0.05) is 58.9 Å². The number of hydrogen-bond acceptors (Lipinski definition) is 4. The Labute approximate surface area is 157 Å². The average molecular weight is 354 g/mol. The normalized spacial score (nSPS) is 16.0. The highest BCUT2D eigenvalue weighted by Gasteiger charge is 2.28. The van der Waals surface area contributed by atoms with E-state index in [2.05, 4.69) is 67.2 Å². The Morgan fingerprint density at radius 1 is 0.923 bits per heavy atom. The first-order valence-electron chi connectivity index (χ1n) is 9.45. The van der Waals surface area contributed by atoms with Gasteiger partial charge in [0.05, 0.1) is 6.04 Å². The summed E-state index contributed by atoms with van der Waals surface area (Å²) in [5.74, 6) is 1.86. The van der Waals surface area contributed by atoms with Gasteiger partial charge in [-0.05, 0) is 41.9 Å². The molecule has 1 aromatic heterocycles. The van der Waals surface area contributed by atoms with E-state index >= 15 is 0 Å². The van der Waals surface area contributed by atoms with Gasteiger partial charge < -0.3 is 5.32 Å². The number of ketones is 1. The summed E-state index contributed by atoms with van der Waals surface area (Å²) in [5, 5.41) is 3.53. The van der Waals surface area contributed by atoms with E-state index in [1.54, 1.807) is 19.3 Å². The standard InChI is InChI=1S/C22H31N3O/c1-14(2)15(3)21(25-22-23-12-9-13-24-22)20-11-8-7-10-19(20)17(5)16(4)18(6)26/h7-17,21H,1-6H3,(H,23,24,25). The molecule has 1 N–H and O–H groups in total. The van der Waals surface area contributed by atoms with Crippen molar-refractivity contribution in [2.45, 2.75) is 53.5 Å². The summed E-state index contributed by atoms with van der Waals surface area (Å²) >= 11 is 0. The lowest BCUT2D eigenvalue weighted by Crippen LogP contribution is -2.26. The molecule has 4 unspecified atom stereocenters. The van der Waals surface area contributed by atoms with Crippen LogP contribution in [0.15, 0.2) is 42.7 Å². The first kappa shape index (κ1) is 20.1. The molecule has 1 aromatic carbocycles. The predicted molar refractivity (Wildman–Crippen MR) is 107 cm³/mol. The summed E-state index contributed by atoms with van der Waals surface area (Å²) in [6.07, 6.45) is 3.50. The van der Waals surface area contributed by atoms with E-state index < -0.39 is 0 Å². The molecule has 0 bridgehead atoms. The van der Waals surface area contributed by atoms with Gasteiger partial charge in [0.1, 0.15) is 5.78 Å². The summed E-state index contributed by atoms with van der Waals surface area (Å²) in [6.45, 7) is 12.5. The minimum absolute atomic E-state index is 0.0147. The van der Waals surface area contributed by atoms with Crippen LogP contribution in [0.1, 0.15) is 64.6 Å². The van der Waals surface area contributed by atoms with Crippen molar-refractivity contribution in [2.24, 2.45) is 17.8 Å². The molecule has 0 aliphatic rings. The fraction of sp³-hybridized carbons (Fsp3) is 0.500. The maximum Gasteiger partial charge on any atom is 0.223 e. The molecule has 4 nitrogen and oxygen atoms in total. The number of nitrogens with zero attached hydrogens (tertiary/aromatic N) is 2. The number of hydrogen-bond donors (Lipinski definition) is 1. The zero-order valence-corrected chi connectivity index (χ0v) is 16.7. The van der Waals surface area contributed by atoms with Crippen molar-refractivity contribution in [1.29, 1.82) is 0 Å². The fourth-order valence-electron chi connectivity index (χ4n) is 3.22. The molecule has 0 saturated carbocycles. The summed E-state index contributed by atoms with van der Waals surface area (Å²) in [5.41, 5.74) is 2.44. The van der Waals surface area contributed by atoms with Gasteiger partial charge in [-0.15, -0.1) is 0 Å². The third kappa shape index (κ3) is 4.69. The number of carbonyl (C=O) groups is 1. The maximum absolute atomic E-state index is 11.9. The lowest BCUT2D eigenvalue weighted by Gasteiger charge is -2.32. The van der Waals surface area contributed by atoms with Gasteiger partial charge in [-0.2, -0.15) is 0 Å². The quantitative estimate of drug-likeness (QED) is 0.704. The highest BCUT2D eigenvalue weighted by atomic mass is 16.1. The third-order valence-corrected chi connectivity index (χ3v) is 5.64. The van der Waals surface area contributed by atoms with Gasteiger partial charge >= 0.3 is 0 Å². The molecule has 0 fully saturated rings. The zero-order valence-electron chi connectivity index (χ0n) is 16.7. The molecule has 4 heteroatoms. The minimum Gasteiger partial charge on any atom is -0.347 e. The Kier molecular flexibility index (Phi) is 6.90. The largest absolute Gasteiger partial charge is 0.347 e. The van der Waals surface area contributed by atoms with Crippen LogP contribution in [0.25, 0.3) is 0 Å². The van der Waals surface area contributed by atoms with Crippen LogP contribution in [-0.4, -0.2) is 15.8 Å². The highest BCUT2D eigenvalue weighted by molar-refractivity contribution is 5.79. The third-order valence-electron chi connectivity index (χ3n) is 5.64. The van der Waals surface area contributed by atoms with Gasteiger partial charge in [-0.3, -0.25) is 4.79 Å². The molecule has 0 aliphatic carbocycles. The Hall–Kier alpha value is -2.23. The summed E-state index contributed by atoms with van der Waals surface area (Å²) in [6, 6.07) is 10.3. The van der Waals surface area contributed by atoms with Crippen LogP contribution in [0.3, 0.4) is 0 Å². The van der Waals surface area contributed by atoms with Gasteiger partial charge in [-0.25, -0.2) is 9.97 Å². The number of benzene rings is 1. The van der Waals surface area contributed by atoms with Crippen LogP contribution in [0, 0.1) is 17.8 Å². The van der Waals surface area contributed by atoms with Crippen molar-refractivity contribution in [3.8, 4) is 0 Å². The molecule has 2 rings (SSSR count). The Morgan fingerprint density at radius 3 is 2.04 bits per heavy atom. The number of rotatable bonds is 8. The monoisotopic (exact) mass is 353 g/mol. The SMILES string of the molecule is CC(=O)C(C)C(C)c1ccccc1C(Nc1ncccn1)C(C)C(C)C. The molecule has 140 valence electrons. The molecule has 4 atom stereocenters. The second-order valence-electron chi connectivity index (χ2n) is 7.61. The lowest BCUT2D eigenvalue weighted by molar-refractivity contribution is -0.120. The number of nitrogens with one attached hydrogen (secondary N) is 1. The average Bonchev–Trinajstić information content (AvgIpc) is 2.65. The maximum atomic E-state index is 11.9. The topological polar surface area (TPSA) is 54.9 Å². The Bertz CT molecular complexity index is 714. The molecule has 2 aromatic rings. The van der Waals surface area contributed by atoms with E-state index in [9.17, 15) is 4.79 Å². The van der Waals surface area contributed by atoms with Crippen LogP contribution < -0.4 is 5.32 Å². The second kappa shape index (κ2) is 8.93. The van der Waals surface area contributed by atoms with Crippen LogP contribution in [0.2, 0.25) is 0 Å². The molecule has 0 saturated heterocycles. The van der Waals surface area contributed by atoms with E-state index in [1.165, 1.54) is 11.1 Å². The van der Waals surface area contributed by atoms with Crippen LogP contribution in [-0.2, 0) is 4.79 Å². The van der Waals surface area contributed by atoms with Gasteiger partial charge in [0, 0.05) is 18.3 Å². The smallest absolute Gasteiger partial charge is 0.223 e. The highest BCUT2D eigenvalue weighted by Crippen LogP contribution is 2.37. The van der Waals surface area contributed by atoms with Crippen molar-refractivity contribution < 1.29 is 4.79 Å². The van der Waals surface area contributed by atoms with E-state index in [4.69, 9.17) is 0 Å². The van der Waals surface area contributed by atoms with Crippen molar-refractivity contribution >= 4 is 11.7 Å². The molecule has 0 radical (unpaired) electrons. The second-order valence-corrected chi connectivity index (χ2v) is 7.61. The van der Waals surface area contributed by atoms with E-state index in [0.717, 1.165) is 0 Å². The predicted octanol–water partition coefficient (Wildman–Crippen LogP) is 5.25. The minimum atomic E-state index is -0.0147. The summed E-state index contributed by atoms with van der Waals surface area (Å²) < 4.78 is 0. The molecular formula is C22H31N3O. The fourth-order valence-corrected chi connectivity index (χ4v) is 3.22. The zero-order chi connectivity index (χ0) is 19.3. The first-order valence-corrected chi connectivity index (χ1v) is 9.45. The summed E-state index contributed by atoms with van der Waals surface area (Å²) in [4.78, 5) is 20.6. The molecular weight excluding hydrogens is 322 g/mol. The van der Waals surface area contributed by atoms with E-state index in [-0.39, 0.29) is 23.7 Å². The Morgan fingerprint density at radius 2 is 1.50 bits per heavy atom. The van der Waals surface area contributed by atoms with Crippen LogP contribution in [0.5, 0.6) is 0 Å². The van der Waals surface area contributed by atoms with Crippen molar-refractivity contribution in [3.63, 3.8) is 0 Å². The van der Waals surface area contributed by atoms with Crippen LogP contribution >= 0.6 is 0 Å². The van der Waals surface area contributed by atoms with E-state index in [1.807, 2.05) is 13.0 Å². The van der Waals surface area contributed by atoms with Crippen molar-refractivity contribution in [3.05, 3.63) is 53.9 Å². The number of anilines is 1. The van der Waals surface area contributed by atoms with Crippen molar-refractivity contribution in [2.75, 3.05) is 5.32 Å². The molecule has 0 aliphatic heterocycles. The van der Waals surface area contributed by atoms with E-state index in [0.29, 0.717) is 17.8 Å². The molecule has 1 heterocycles. The number of aromatic nitrogens is 2. The number of carbonyl (C=O) groups excluding carboxylic acids is 1. The van der Waals surface area contributed by atoms with Gasteiger partial charge in [0.15, 0.2) is 0 Å². The molecule has 0 amide bonds. The van der Waals surface area contributed by atoms with Crippen LogP contribution in [0.4, 0.5) is 5.95 Å². The summed E-state index contributed by atoms with van der Waals surface area (Å²) in [7, 11) is 0. The lowest BCUT2D eigenvalue weighted by atomic mass is 9.78. The first-order chi connectivity index (χ1) is 12.3. The Balaban J connectivity index is 2.46. The van der Waals surface area contributed by atoms with Gasteiger partial charge in [0.2, 0.25) is 5.95 Å². The molecule has 0 spiro atoms. The van der Waals surface area contributed by atoms with Crippen molar-refractivity contribution in [1.82, 2.24) is 9.97 Å². The van der Waals surface area contributed by atoms with Gasteiger partial charge in [0.25, 0.3) is 0 Å². The molecule has 26 heavy (non-hydrogen) atoms.